The predicted molar refractivity (Wildman–Crippen MR) is 48.0 cm³/mol. The van der Waals surface area contributed by atoms with Crippen molar-refractivity contribution in [2.24, 2.45) is 0 Å². The zero-order valence-corrected chi connectivity index (χ0v) is 8.61. The van der Waals surface area contributed by atoms with Crippen molar-refractivity contribution in [2.75, 3.05) is 0 Å². The van der Waals surface area contributed by atoms with Gasteiger partial charge in [-0.15, -0.1) is 0 Å². The molecule has 94 valence electrons. The van der Waals surface area contributed by atoms with Crippen LogP contribution >= 0.6 is 11.6 Å². The van der Waals surface area contributed by atoms with Crippen LogP contribution in [0.15, 0.2) is 18.2 Å². The summed E-state index contributed by atoms with van der Waals surface area (Å²) in [6.45, 7) is 0. The number of hydrogen-bond acceptors (Lipinski definition) is 1. The van der Waals surface area contributed by atoms with Crippen LogP contribution in [-0.2, 0) is 16.9 Å². The number of carboxylic acid groups (broad SMARTS) is 1. The zero-order chi connectivity index (χ0) is 13.4. The monoisotopic (exact) mass is 274 g/mol. The molecule has 0 saturated carbocycles. The highest BCUT2D eigenvalue weighted by atomic mass is 35.5. The van der Waals surface area contributed by atoms with Crippen molar-refractivity contribution >= 4 is 17.6 Å². The van der Waals surface area contributed by atoms with Crippen molar-refractivity contribution < 1.29 is 31.9 Å². The molecule has 1 N–H and O–H groups in total. The molecule has 0 aliphatic rings. The van der Waals surface area contributed by atoms with E-state index in [1.807, 2.05) is 0 Å². The Morgan fingerprint density at radius 3 is 2.00 bits per heavy atom. The van der Waals surface area contributed by atoms with Crippen LogP contribution in [0.5, 0.6) is 0 Å². The molecule has 0 amide bonds. The molecule has 2 nitrogen and oxygen atoms in total. The summed E-state index contributed by atoms with van der Waals surface area (Å²) in [5.74, 6) is -7.04. The summed E-state index contributed by atoms with van der Waals surface area (Å²) in [5, 5.41) is 6.91. The second-order valence-electron chi connectivity index (χ2n) is 3.04. The van der Waals surface area contributed by atoms with Crippen LogP contribution in [0.2, 0.25) is 5.02 Å². The predicted octanol–water partition coefficient (Wildman–Crippen LogP) is 3.54. The van der Waals surface area contributed by atoms with Crippen molar-refractivity contribution in [3.8, 4) is 0 Å². The quantitative estimate of drug-likeness (QED) is 0.838. The third kappa shape index (κ3) is 2.49. The summed E-state index contributed by atoms with van der Waals surface area (Å²) in [7, 11) is 0. The lowest BCUT2D eigenvalue weighted by Crippen LogP contribution is -2.26. The lowest BCUT2D eigenvalue weighted by Gasteiger charge is -2.16. The first-order valence-electron chi connectivity index (χ1n) is 4.06. The smallest absolute Gasteiger partial charge is 0.417 e. The largest absolute Gasteiger partial charge is 0.477 e. The molecule has 1 rings (SSSR count). The maximum absolute atomic E-state index is 13.1. The van der Waals surface area contributed by atoms with E-state index in [-0.39, 0.29) is 0 Å². The topological polar surface area (TPSA) is 37.3 Å². The lowest BCUT2D eigenvalue weighted by atomic mass is 10.0. The molecule has 0 fully saturated rings. The first-order valence-corrected chi connectivity index (χ1v) is 4.43. The van der Waals surface area contributed by atoms with Gasteiger partial charge < -0.3 is 5.11 Å². The molecule has 1 aromatic carbocycles. The van der Waals surface area contributed by atoms with Gasteiger partial charge in [-0.25, -0.2) is 4.79 Å². The second-order valence-corrected chi connectivity index (χ2v) is 3.42. The van der Waals surface area contributed by atoms with Crippen molar-refractivity contribution in [3.63, 3.8) is 0 Å². The maximum Gasteiger partial charge on any atom is 0.417 e. The molecule has 1 aromatic rings. The van der Waals surface area contributed by atoms with Gasteiger partial charge in [-0.2, -0.15) is 22.0 Å². The molecule has 0 unspecified atom stereocenters. The molecule has 0 aromatic heterocycles. The van der Waals surface area contributed by atoms with E-state index in [0.717, 1.165) is 0 Å². The Morgan fingerprint density at radius 2 is 1.59 bits per heavy atom. The third-order valence-electron chi connectivity index (χ3n) is 1.91. The molecule has 0 spiro atoms. The van der Waals surface area contributed by atoms with Crippen molar-refractivity contribution in [2.45, 2.75) is 12.1 Å². The first kappa shape index (κ1) is 13.7. The van der Waals surface area contributed by atoms with Gasteiger partial charge in [0, 0.05) is 0 Å². The van der Waals surface area contributed by atoms with E-state index in [1.165, 1.54) is 0 Å². The Morgan fingerprint density at radius 1 is 1.12 bits per heavy atom. The number of hydrogen-bond donors (Lipinski definition) is 1. The van der Waals surface area contributed by atoms with Gasteiger partial charge in [0.25, 0.3) is 0 Å². The molecule has 0 bridgehead atoms. The highest BCUT2D eigenvalue weighted by molar-refractivity contribution is 6.32. The fraction of sp³-hybridized carbons (Fsp3) is 0.222. The van der Waals surface area contributed by atoms with Crippen LogP contribution in [0.25, 0.3) is 0 Å². The number of aliphatic carboxylic acids is 1. The molecular weight excluding hydrogens is 271 g/mol. The SMILES string of the molecule is O=C(O)C(F)(F)c1cccc(C(F)(F)F)c1Cl. The van der Waals surface area contributed by atoms with E-state index >= 15 is 0 Å². The number of carbonyl (C=O) groups is 1. The number of halogens is 6. The normalized spacial score (nSPS) is 12.6. The van der Waals surface area contributed by atoms with Crippen molar-refractivity contribution in [1.29, 1.82) is 0 Å². The molecule has 0 heterocycles. The Labute approximate surface area is 96.6 Å². The molecule has 0 radical (unpaired) electrons. The molecule has 0 saturated heterocycles. The minimum Gasteiger partial charge on any atom is -0.477 e. The standard InChI is InChI=1S/C9H4ClF5O2/c10-6-4(8(11,12)7(16)17)2-1-3-5(6)9(13,14)15/h1-3H,(H,16,17). The second kappa shape index (κ2) is 4.14. The summed E-state index contributed by atoms with van der Waals surface area (Å²) in [5.41, 5.74) is -2.89. The average molecular weight is 275 g/mol. The maximum atomic E-state index is 13.1. The number of benzene rings is 1. The first-order chi connectivity index (χ1) is 7.58. The van der Waals surface area contributed by atoms with Crippen molar-refractivity contribution in [3.05, 3.63) is 34.3 Å². The molecule has 17 heavy (non-hydrogen) atoms. The number of alkyl halides is 5. The number of carboxylic acids is 1. The molecule has 0 atom stereocenters. The molecule has 8 heteroatoms. The van der Waals surface area contributed by atoms with E-state index in [2.05, 4.69) is 0 Å². The van der Waals surface area contributed by atoms with E-state index < -0.39 is 34.2 Å². The fourth-order valence-corrected chi connectivity index (χ4v) is 1.46. The summed E-state index contributed by atoms with van der Waals surface area (Å²) in [6, 6.07) is 1.69. The summed E-state index contributed by atoms with van der Waals surface area (Å²) in [4.78, 5) is 10.2. The Bertz CT molecular complexity index is 455. The van der Waals surface area contributed by atoms with Gasteiger partial charge in [0.2, 0.25) is 0 Å². The van der Waals surface area contributed by atoms with Crippen LogP contribution in [-0.4, -0.2) is 11.1 Å². The van der Waals surface area contributed by atoms with Crippen LogP contribution in [0.1, 0.15) is 11.1 Å². The van der Waals surface area contributed by atoms with Gasteiger partial charge in [-0.05, 0) is 6.07 Å². The van der Waals surface area contributed by atoms with E-state index in [9.17, 15) is 26.7 Å². The van der Waals surface area contributed by atoms with Crippen LogP contribution in [0.3, 0.4) is 0 Å². The molecule has 0 aliphatic carbocycles. The summed E-state index contributed by atoms with van der Waals surface area (Å²) < 4.78 is 63.1. The average Bonchev–Trinajstić information content (AvgIpc) is 2.15. The third-order valence-corrected chi connectivity index (χ3v) is 2.32. The van der Waals surface area contributed by atoms with Crippen LogP contribution < -0.4 is 0 Å². The van der Waals surface area contributed by atoms with Gasteiger partial charge in [-0.3, -0.25) is 0 Å². The Balaban J connectivity index is 3.44. The highest BCUT2D eigenvalue weighted by Crippen LogP contribution is 2.41. The van der Waals surface area contributed by atoms with Gasteiger partial charge in [0.1, 0.15) is 0 Å². The highest BCUT2D eigenvalue weighted by Gasteiger charge is 2.45. The van der Waals surface area contributed by atoms with Crippen LogP contribution in [0.4, 0.5) is 22.0 Å². The van der Waals surface area contributed by atoms with E-state index in [0.29, 0.717) is 18.2 Å². The lowest BCUT2D eigenvalue weighted by molar-refractivity contribution is -0.166. The van der Waals surface area contributed by atoms with Crippen molar-refractivity contribution in [1.82, 2.24) is 0 Å². The van der Waals surface area contributed by atoms with E-state index in [1.54, 1.807) is 0 Å². The fourth-order valence-electron chi connectivity index (χ4n) is 1.11. The summed E-state index contributed by atoms with van der Waals surface area (Å²) in [6.07, 6.45) is -4.93. The molecular formula is C9H4ClF5O2. The Kier molecular flexibility index (Phi) is 3.33. The summed E-state index contributed by atoms with van der Waals surface area (Å²) >= 11 is 5.16. The van der Waals surface area contributed by atoms with Gasteiger partial charge >= 0.3 is 18.1 Å². The minimum atomic E-state index is -4.93. The van der Waals surface area contributed by atoms with Gasteiger partial charge in [0.15, 0.2) is 0 Å². The van der Waals surface area contributed by atoms with Gasteiger partial charge in [0.05, 0.1) is 16.1 Å². The zero-order valence-electron chi connectivity index (χ0n) is 7.86. The van der Waals surface area contributed by atoms with E-state index in [4.69, 9.17) is 16.7 Å². The van der Waals surface area contributed by atoms with Crippen LogP contribution in [0, 0.1) is 0 Å². The minimum absolute atomic E-state index is 0.490. The Hall–Kier alpha value is -1.37. The van der Waals surface area contributed by atoms with Gasteiger partial charge in [-0.1, -0.05) is 23.7 Å². The molecule has 0 aliphatic heterocycles. The number of rotatable bonds is 2.